The highest BCUT2D eigenvalue weighted by atomic mass is 79.9. The average molecular weight is 435 g/mol. The minimum atomic E-state index is -0.284. The molecule has 0 unspecified atom stereocenters. The second-order valence-electron chi connectivity index (χ2n) is 5.08. The molecular formula is C18H13BrClN3OS. The number of rotatable bonds is 5. The van der Waals surface area contributed by atoms with E-state index in [1.807, 2.05) is 54.6 Å². The highest BCUT2D eigenvalue weighted by molar-refractivity contribution is 9.10. The lowest BCUT2D eigenvalue weighted by atomic mass is 10.2. The zero-order chi connectivity index (χ0) is 17.6. The second-order valence-corrected chi connectivity index (χ2v) is 7.32. The topological polar surface area (TPSA) is 54.9 Å². The maximum atomic E-state index is 12.4. The minimum absolute atomic E-state index is 0.284. The molecule has 0 radical (unpaired) electrons. The quantitative estimate of drug-likeness (QED) is 0.429. The largest absolute Gasteiger partial charge is 0.321 e. The van der Waals surface area contributed by atoms with Crippen LogP contribution in [0.15, 0.2) is 70.4 Å². The molecule has 0 atom stereocenters. The summed E-state index contributed by atoms with van der Waals surface area (Å²) >= 11 is 10.7. The van der Waals surface area contributed by atoms with E-state index in [2.05, 4.69) is 31.2 Å². The summed E-state index contributed by atoms with van der Waals surface area (Å²) in [4.78, 5) is 21.1. The number of para-hydroxylation sites is 1. The first-order valence-electron chi connectivity index (χ1n) is 7.38. The van der Waals surface area contributed by atoms with Gasteiger partial charge in [-0.1, -0.05) is 53.7 Å². The van der Waals surface area contributed by atoms with Gasteiger partial charge in [0.2, 0.25) is 0 Å². The Hall–Kier alpha value is -1.89. The summed E-state index contributed by atoms with van der Waals surface area (Å²) in [6, 6.07) is 16.9. The third kappa shape index (κ3) is 5.04. The first-order chi connectivity index (χ1) is 12.1. The molecule has 4 nitrogen and oxygen atoms in total. The van der Waals surface area contributed by atoms with Gasteiger partial charge in [0.25, 0.3) is 5.91 Å². The number of benzene rings is 2. The molecule has 126 valence electrons. The van der Waals surface area contributed by atoms with E-state index >= 15 is 0 Å². The fourth-order valence-corrected chi connectivity index (χ4v) is 3.29. The molecule has 0 aliphatic carbocycles. The third-order valence-electron chi connectivity index (χ3n) is 3.25. The van der Waals surface area contributed by atoms with Crippen LogP contribution in [0.5, 0.6) is 0 Å². The van der Waals surface area contributed by atoms with Crippen molar-refractivity contribution >= 4 is 50.9 Å². The molecule has 25 heavy (non-hydrogen) atoms. The first-order valence-corrected chi connectivity index (χ1v) is 9.53. The van der Waals surface area contributed by atoms with Crippen LogP contribution in [0.2, 0.25) is 5.02 Å². The van der Waals surface area contributed by atoms with Crippen LogP contribution in [0.25, 0.3) is 0 Å². The number of carbonyl (C=O) groups is 1. The average Bonchev–Trinajstić information content (AvgIpc) is 2.63. The molecule has 7 heteroatoms. The smallest absolute Gasteiger partial charge is 0.275 e. The van der Waals surface area contributed by atoms with Gasteiger partial charge in [-0.15, -0.1) is 0 Å². The molecule has 0 saturated heterocycles. The predicted octanol–water partition coefficient (Wildman–Crippen LogP) is 5.44. The summed E-state index contributed by atoms with van der Waals surface area (Å²) in [6.45, 7) is 0. The van der Waals surface area contributed by atoms with Crippen LogP contribution in [0.1, 0.15) is 16.1 Å². The number of carbonyl (C=O) groups excluding carboxylic acids is 1. The van der Waals surface area contributed by atoms with Gasteiger partial charge >= 0.3 is 0 Å². The summed E-state index contributed by atoms with van der Waals surface area (Å²) in [5.74, 6) is 0.409. The van der Waals surface area contributed by atoms with Crippen LogP contribution in [-0.2, 0) is 5.75 Å². The number of aromatic nitrogens is 2. The fourth-order valence-electron chi connectivity index (χ4n) is 2.02. The Morgan fingerprint density at radius 3 is 2.56 bits per heavy atom. The van der Waals surface area contributed by atoms with Crippen molar-refractivity contribution in [1.82, 2.24) is 9.97 Å². The Balaban J connectivity index is 1.71. The van der Waals surface area contributed by atoms with E-state index in [1.54, 1.807) is 6.20 Å². The van der Waals surface area contributed by atoms with Gasteiger partial charge < -0.3 is 5.32 Å². The Morgan fingerprint density at radius 1 is 1.12 bits per heavy atom. The van der Waals surface area contributed by atoms with Crippen molar-refractivity contribution in [3.8, 4) is 0 Å². The monoisotopic (exact) mass is 433 g/mol. The summed E-state index contributed by atoms with van der Waals surface area (Å²) in [5, 5.41) is 4.06. The van der Waals surface area contributed by atoms with Crippen molar-refractivity contribution in [2.45, 2.75) is 10.9 Å². The number of halogens is 2. The van der Waals surface area contributed by atoms with E-state index in [-0.39, 0.29) is 5.91 Å². The molecule has 0 fully saturated rings. The summed E-state index contributed by atoms with van der Waals surface area (Å²) in [6.07, 6.45) is 1.59. The SMILES string of the molecule is O=C(Nc1ccccc1)c1nc(SCc2ccc(Cl)cc2)ncc1Br. The van der Waals surface area contributed by atoms with Crippen molar-refractivity contribution in [2.24, 2.45) is 0 Å². The lowest BCUT2D eigenvalue weighted by Crippen LogP contribution is -2.15. The molecule has 3 aromatic rings. The van der Waals surface area contributed by atoms with Crippen LogP contribution >= 0.6 is 39.3 Å². The highest BCUT2D eigenvalue weighted by Crippen LogP contribution is 2.23. The Morgan fingerprint density at radius 2 is 1.84 bits per heavy atom. The number of amides is 1. The second kappa shape index (κ2) is 8.47. The zero-order valence-electron chi connectivity index (χ0n) is 12.9. The van der Waals surface area contributed by atoms with Crippen molar-refractivity contribution in [2.75, 3.05) is 5.32 Å². The Labute approximate surface area is 163 Å². The molecule has 2 aromatic carbocycles. The van der Waals surface area contributed by atoms with E-state index in [9.17, 15) is 4.79 Å². The standard InChI is InChI=1S/C18H13BrClN3OS/c19-15-10-21-18(25-11-12-6-8-13(20)9-7-12)23-16(15)17(24)22-14-4-2-1-3-5-14/h1-10H,11H2,(H,22,24). The van der Waals surface area contributed by atoms with Gasteiger partial charge in [0.1, 0.15) is 5.69 Å². The number of hydrogen-bond donors (Lipinski definition) is 1. The third-order valence-corrected chi connectivity index (χ3v) is 5.01. The Kier molecular flexibility index (Phi) is 6.07. The first kappa shape index (κ1) is 17.9. The molecule has 1 amide bonds. The van der Waals surface area contributed by atoms with E-state index in [4.69, 9.17) is 11.6 Å². The zero-order valence-corrected chi connectivity index (χ0v) is 16.1. The summed E-state index contributed by atoms with van der Waals surface area (Å²) < 4.78 is 0.553. The maximum Gasteiger partial charge on any atom is 0.275 e. The molecule has 0 saturated carbocycles. The van der Waals surface area contributed by atoms with Gasteiger partial charge in [-0.2, -0.15) is 0 Å². The molecule has 1 heterocycles. The van der Waals surface area contributed by atoms with Crippen molar-refractivity contribution in [1.29, 1.82) is 0 Å². The van der Waals surface area contributed by atoms with Crippen LogP contribution in [0.4, 0.5) is 5.69 Å². The molecule has 0 spiro atoms. The van der Waals surface area contributed by atoms with Crippen molar-refractivity contribution in [3.05, 3.63) is 81.5 Å². The normalized spacial score (nSPS) is 10.5. The minimum Gasteiger partial charge on any atom is -0.321 e. The van der Waals surface area contributed by atoms with E-state index in [1.165, 1.54) is 11.8 Å². The molecule has 3 rings (SSSR count). The number of nitrogens with zero attached hydrogens (tertiary/aromatic N) is 2. The predicted molar refractivity (Wildman–Crippen MR) is 105 cm³/mol. The van der Waals surface area contributed by atoms with E-state index < -0.39 is 0 Å². The maximum absolute atomic E-state index is 12.4. The van der Waals surface area contributed by atoms with E-state index in [0.29, 0.717) is 31.8 Å². The lowest BCUT2D eigenvalue weighted by molar-refractivity contribution is 0.102. The van der Waals surface area contributed by atoms with Gasteiger partial charge in [0.15, 0.2) is 5.16 Å². The molecular weight excluding hydrogens is 422 g/mol. The van der Waals surface area contributed by atoms with Gasteiger partial charge in [0.05, 0.1) is 4.47 Å². The number of thioether (sulfide) groups is 1. The highest BCUT2D eigenvalue weighted by Gasteiger charge is 2.14. The van der Waals surface area contributed by atoms with Crippen LogP contribution < -0.4 is 5.32 Å². The van der Waals surface area contributed by atoms with E-state index in [0.717, 1.165) is 5.56 Å². The van der Waals surface area contributed by atoms with Gasteiger partial charge in [-0.05, 0) is 45.8 Å². The molecule has 1 aromatic heterocycles. The summed E-state index contributed by atoms with van der Waals surface area (Å²) in [7, 11) is 0. The van der Waals surface area contributed by atoms with Gasteiger partial charge in [0, 0.05) is 22.7 Å². The van der Waals surface area contributed by atoms with Crippen LogP contribution in [0.3, 0.4) is 0 Å². The number of anilines is 1. The lowest BCUT2D eigenvalue weighted by Gasteiger charge is -2.07. The number of hydrogen-bond acceptors (Lipinski definition) is 4. The van der Waals surface area contributed by atoms with Crippen LogP contribution in [0, 0.1) is 0 Å². The fraction of sp³-hybridized carbons (Fsp3) is 0.0556. The molecule has 0 aliphatic heterocycles. The molecule has 0 aliphatic rings. The Bertz CT molecular complexity index is 875. The number of nitrogens with one attached hydrogen (secondary N) is 1. The van der Waals surface area contributed by atoms with Gasteiger partial charge in [-0.25, -0.2) is 9.97 Å². The molecule has 0 bridgehead atoms. The van der Waals surface area contributed by atoms with Gasteiger partial charge in [-0.3, -0.25) is 4.79 Å². The van der Waals surface area contributed by atoms with Crippen molar-refractivity contribution < 1.29 is 4.79 Å². The summed E-state index contributed by atoms with van der Waals surface area (Å²) in [5.41, 5.74) is 2.13. The molecule has 1 N–H and O–H groups in total. The van der Waals surface area contributed by atoms with Crippen LogP contribution in [-0.4, -0.2) is 15.9 Å². The van der Waals surface area contributed by atoms with Crippen molar-refractivity contribution in [3.63, 3.8) is 0 Å².